The molecule has 3 aliphatic carbocycles. The third kappa shape index (κ3) is 5.44. The van der Waals surface area contributed by atoms with Crippen LogP contribution in [0, 0.1) is 22.7 Å². The van der Waals surface area contributed by atoms with Gasteiger partial charge in [-0.25, -0.2) is 4.79 Å². The normalized spacial score (nSPS) is 39.4. The van der Waals surface area contributed by atoms with Crippen LogP contribution in [0.3, 0.4) is 0 Å². The lowest BCUT2D eigenvalue weighted by Crippen LogP contribution is -2.81. The van der Waals surface area contributed by atoms with Crippen LogP contribution in [-0.4, -0.2) is 101 Å². The number of ketones is 1. The molecule has 0 unspecified atom stereocenters. The summed E-state index contributed by atoms with van der Waals surface area (Å²) in [4.78, 5) is 79.4. The maximum Gasteiger partial charge on any atom is 0.338 e. The van der Waals surface area contributed by atoms with E-state index < -0.39 is 107 Å². The van der Waals surface area contributed by atoms with Crippen molar-refractivity contribution in [3.63, 3.8) is 0 Å². The minimum absolute atomic E-state index is 0.0119. The van der Waals surface area contributed by atoms with Gasteiger partial charge in [0.15, 0.2) is 23.6 Å². The zero-order chi connectivity index (χ0) is 36.3. The van der Waals surface area contributed by atoms with E-state index in [9.17, 15) is 39.0 Å². The summed E-state index contributed by atoms with van der Waals surface area (Å²) in [6, 6.07) is 7.88. The van der Waals surface area contributed by atoms with Crippen molar-refractivity contribution < 1.29 is 67.4 Å². The summed E-state index contributed by atoms with van der Waals surface area (Å²) in [5.74, 6) is -7.53. The monoisotopic (exact) mass is 686 g/mol. The lowest BCUT2D eigenvalue weighted by molar-refractivity contribution is -0.302. The van der Waals surface area contributed by atoms with E-state index in [1.54, 1.807) is 25.1 Å². The lowest BCUT2D eigenvalue weighted by Gasteiger charge is -2.65. The molecule has 3 saturated carbocycles. The maximum atomic E-state index is 14.1. The van der Waals surface area contributed by atoms with Crippen molar-refractivity contribution in [1.82, 2.24) is 0 Å². The number of rotatable bonds is 7. The predicted octanol–water partition coefficient (Wildman–Crippen LogP) is 1.62. The molecular weight excluding hydrogens is 644 g/mol. The van der Waals surface area contributed by atoms with Gasteiger partial charge in [0, 0.05) is 57.8 Å². The van der Waals surface area contributed by atoms with Crippen molar-refractivity contribution in [2.24, 2.45) is 22.7 Å². The summed E-state index contributed by atoms with van der Waals surface area (Å²) < 4.78 is 35.8. The molecule has 14 nitrogen and oxygen atoms in total. The van der Waals surface area contributed by atoms with Crippen LogP contribution in [0.15, 0.2) is 42.5 Å². The smallest absolute Gasteiger partial charge is 0.338 e. The molecule has 1 saturated heterocycles. The standard InChI is InChI=1S/C35H42O14/c1-17-24(40)14-26(46-18(2)36)34(16-44-31(42)22-11-9-8-10-12-22)27(17)28(47-19(3)37)23-13-25(41)33(7)35(43,32(23,6)15-45-33)30(49-21(5)39)29(34)48-20(4)38/h8-12,23-24,26-30,40,43H,1,13-16H2,2-7H3/t23-,24-,26-,27+,28+,29-,30-,32-,33+,34+,35-/m0/s1. The second-order valence-corrected chi connectivity index (χ2v) is 13.8. The van der Waals surface area contributed by atoms with Crippen molar-refractivity contribution in [3.8, 4) is 0 Å². The zero-order valence-corrected chi connectivity index (χ0v) is 28.3. The van der Waals surface area contributed by atoms with Gasteiger partial charge in [0.25, 0.3) is 0 Å². The van der Waals surface area contributed by atoms with Gasteiger partial charge < -0.3 is 38.6 Å². The van der Waals surface area contributed by atoms with Gasteiger partial charge in [0.1, 0.15) is 24.4 Å². The Kier molecular flexibility index (Phi) is 9.32. The molecule has 0 radical (unpaired) electrons. The van der Waals surface area contributed by atoms with Crippen molar-refractivity contribution in [2.75, 3.05) is 13.2 Å². The highest BCUT2D eigenvalue weighted by atomic mass is 16.6. The second kappa shape index (κ2) is 12.6. The SMILES string of the molecule is C=C1[C@@H]2[C@H](OC(C)=O)[C@@H]3CC(=O)[C@@]4(C)OC[C@]3(C)[C@@]4(O)[C@@H](OC(C)=O)[C@H](OC(C)=O)[C@]2(COC(=O)c2ccccc2)[C@@H](OC(C)=O)C[C@@H]1O. The van der Waals surface area contributed by atoms with E-state index in [-0.39, 0.29) is 30.6 Å². The zero-order valence-electron chi connectivity index (χ0n) is 28.3. The minimum atomic E-state index is -2.48. The van der Waals surface area contributed by atoms with Crippen LogP contribution in [0.4, 0.5) is 0 Å². The summed E-state index contributed by atoms with van der Waals surface area (Å²) in [6.07, 6.45) is -8.88. The molecular formula is C35H42O14. The first-order valence-electron chi connectivity index (χ1n) is 16.0. The van der Waals surface area contributed by atoms with Gasteiger partial charge in [0.2, 0.25) is 0 Å². The Bertz CT molecular complexity index is 1570. The summed E-state index contributed by atoms with van der Waals surface area (Å²) >= 11 is 0. The third-order valence-electron chi connectivity index (χ3n) is 11.1. The molecule has 0 spiro atoms. The molecule has 2 N–H and O–H groups in total. The van der Waals surface area contributed by atoms with Gasteiger partial charge in [-0.3, -0.25) is 24.0 Å². The number of fused-ring (bicyclic) bond motifs is 1. The fourth-order valence-electron chi connectivity index (χ4n) is 8.86. The molecule has 1 aromatic rings. The highest BCUT2D eigenvalue weighted by Crippen LogP contribution is 2.67. The van der Waals surface area contributed by atoms with Crippen LogP contribution in [0.5, 0.6) is 0 Å². The summed E-state index contributed by atoms with van der Waals surface area (Å²) in [5, 5.41) is 24.6. The molecule has 1 aliphatic heterocycles. The first-order chi connectivity index (χ1) is 22.8. The molecule has 4 fully saturated rings. The minimum Gasteiger partial charge on any atom is -0.462 e. The number of hydrogen-bond acceptors (Lipinski definition) is 14. The van der Waals surface area contributed by atoms with Crippen molar-refractivity contribution in [1.29, 1.82) is 0 Å². The Balaban J connectivity index is 1.91. The van der Waals surface area contributed by atoms with Crippen molar-refractivity contribution >= 4 is 35.6 Å². The number of carbonyl (C=O) groups excluding carboxylic acids is 6. The largest absolute Gasteiger partial charge is 0.462 e. The van der Waals surface area contributed by atoms with E-state index in [2.05, 4.69) is 6.58 Å². The average Bonchev–Trinajstić information content (AvgIpc) is 3.16. The Morgan fingerprint density at radius 3 is 2.04 bits per heavy atom. The van der Waals surface area contributed by atoms with E-state index >= 15 is 0 Å². The molecule has 0 aromatic heterocycles. The Labute approximate surface area is 283 Å². The van der Waals surface area contributed by atoms with Gasteiger partial charge in [-0.05, 0) is 24.6 Å². The Morgan fingerprint density at radius 1 is 0.898 bits per heavy atom. The molecule has 1 heterocycles. The molecule has 4 bridgehead atoms. The molecule has 4 aliphatic rings. The van der Waals surface area contributed by atoms with Crippen molar-refractivity contribution in [3.05, 3.63) is 48.0 Å². The van der Waals surface area contributed by atoms with Crippen LogP contribution in [0.25, 0.3) is 0 Å². The second-order valence-electron chi connectivity index (χ2n) is 13.8. The van der Waals surface area contributed by atoms with E-state index in [0.717, 1.165) is 27.7 Å². The molecule has 11 atom stereocenters. The van der Waals surface area contributed by atoms with E-state index in [4.69, 9.17) is 28.4 Å². The molecule has 49 heavy (non-hydrogen) atoms. The maximum absolute atomic E-state index is 14.1. The number of esters is 5. The third-order valence-corrected chi connectivity index (χ3v) is 11.1. The predicted molar refractivity (Wildman–Crippen MR) is 165 cm³/mol. The van der Waals surface area contributed by atoms with E-state index in [0.29, 0.717) is 0 Å². The fraction of sp³-hybridized carbons (Fsp3) is 0.600. The number of aliphatic hydroxyl groups is 2. The van der Waals surface area contributed by atoms with Crippen LogP contribution in [0.2, 0.25) is 0 Å². The number of ether oxygens (including phenoxy) is 6. The Morgan fingerprint density at radius 2 is 1.47 bits per heavy atom. The molecule has 1 aromatic carbocycles. The van der Waals surface area contributed by atoms with E-state index in [1.165, 1.54) is 19.1 Å². The molecule has 266 valence electrons. The number of hydrogen-bond donors (Lipinski definition) is 2. The van der Waals surface area contributed by atoms with Crippen molar-refractivity contribution in [2.45, 2.75) is 96.1 Å². The first kappa shape index (κ1) is 36.1. The molecule has 5 rings (SSSR count). The van der Waals surface area contributed by atoms with Crippen LogP contribution in [-0.2, 0) is 52.4 Å². The summed E-state index contributed by atoms with van der Waals surface area (Å²) in [7, 11) is 0. The quantitative estimate of drug-likeness (QED) is 0.238. The number of Topliss-reactive ketones (excluding diaryl/α,β-unsaturated/α-hetero) is 1. The summed E-state index contributed by atoms with van der Waals surface area (Å²) in [5.41, 5.74) is -8.00. The van der Waals surface area contributed by atoms with Gasteiger partial charge in [-0.2, -0.15) is 0 Å². The topological polar surface area (TPSA) is 198 Å². The average molecular weight is 687 g/mol. The molecule has 14 heteroatoms. The number of benzene rings is 1. The van der Waals surface area contributed by atoms with Gasteiger partial charge >= 0.3 is 29.8 Å². The first-order valence-corrected chi connectivity index (χ1v) is 16.0. The fourth-order valence-corrected chi connectivity index (χ4v) is 8.86. The number of aliphatic hydroxyl groups excluding tert-OH is 1. The van der Waals surface area contributed by atoms with Gasteiger partial charge in [-0.15, -0.1) is 0 Å². The summed E-state index contributed by atoms with van der Waals surface area (Å²) in [6.45, 7) is 10.4. The Hall–Kier alpha value is -4.14. The van der Waals surface area contributed by atoms with Crippen LogP contribution < -0.4 is 0 Å². The van der Waals surface area contributed by atoms with E-state index in [1.807, 2.05) is 0 Å². The lowest BCUT2D eigenvalue weighted by atomic mass is 9.43. The van der Waals surface area contributed by atoms with Crippen LogP contribution in [0.1, 0.15) is 64.7 Å². The van der Waals surface area contributed by atoms with Crippen LogP contribution >= 0.6 is 0 Å². The van der Waals surface area contributed by atoms with Gasteiger partial charge in [-0.1, -0.05) is 31.7 Å². The number of carbonyl (C=O) groups is 6. The van der Waals surface area contributed by atoms with Gasteiger partial charge in [0.05, 0.1) is 23.7 Å². The molecule has 0 amide bonds. The highest BCUT2D eigenvalue weighted by molar-refractivity contribution is 5.91. The highest BCUT2D eigenvalue weighted by Gasteiger charge is 2.83.